The number of nitriles is 1. The van der Waals surface area contributed by atoms with Crippen molar-refractivity contribution >= 4 is 9.84 Å². The smallest absolute Gasteiger partial charge is 0.154 e. The molecule has 1 aromatic carbocycles. The van der Waals surface area contributed by atoms with Crippen LogP contribution in [0.2, 0.25) is 0 Å². The molecule has 92 valence electrons. The van der Waals surface area contributed by atoms with E-state index in [2.05, 4.69) is 0 Å². The van der Waals surface area contributed by atoms with E-state index in [-0.39, 0.29) is 11.5 Å². The summed E-state index contributed by atoms with van der Waals surface area (Å²) in [7, 11) is -1.65. The Morgan fingerprint density at radius 3 is 2.65 bits per heavy atom. The lowest BCUT2D eigenvalue weighted by Gasteiger charge is -2.09. The highest BCUT2D eigenvalue weighted by Gasteiger charge is 2.14. The first-order chi connectivity index (χ1) is 8.02. The maximum atomic E-state index is 11.7. The van der Waals surface area contributed by atoms with Gasteiger partial charge in [-0.3, -0.25) is 0 Å². The molecule has 0 atom stereocenters. The molecule has 0 saturated carbocycles. The van der Waals surface area contributed by atoms with E-state index in [0.717, 1.165) is 0 Å². The van der Waals surface area contributed by atoms with Crippen molar-refractivity contribution in [1.82, 2.24) is 0 Å². The van der Waals surface area contributed by atoms with Gasteiger partial charge in [-0.05, 0) is 24.6 Å². The van der Waals surface area contributed by atoms with Gasteiger partial charge >= 0.3 is 0 Å². The van der Waals surface area contributed by atoms with Gasteiger partial charge in [0.2, 0.25) is 0 Å². The molecule has 0 aliphatic heterocycles. The van der Waals surface area contributed by atoms with E-state index in [4.69, 9.17) is 10.00 Å². The molecule has 0 saturated heterocycles. The topological polar surface area (TPSA) is 67.2 Å². The van der Waals surface area contributed by atoms with Crippen LogP contribution >= 0.6 is 0 Å². The Labute approximate surface area is 102 Å². The molecule has 0 spiro atoms. The summed E-state index contributed by atoms with van der Waals surface area (Å²) in [6.07, 6.45) is 0.586. The minimum Gasteiger partial charge on any atom is -0.496 e. The van der Waals surface area contributed by atoms with Crippen molar-refractivity contribution < 1.29 is 13.2 Å². The fourth-order valence-corrected chi connectivity index (χ4v) is 3.05. The molecule has 0 aromatic heterocycles. The van der Waals surface area contributed by atoms with Crippen molar-refractivity contribution in [2.45, 2.75) is 19.1 Å². The number of hydrogen-bond acceptors (Lipinski definition) is 4. The SMILES string of the molecule is CCCS(=O)(=O)Cc1cc(C#N)ccc1OC. The minimum atomic E-state index is -3.13. The molecule has 17 heavy (non-hydrogen) atoms. The molecule has 0 radical (unpaired) electrons. The van der Waals surface area contributed by atoms with E-state index in [9.17, 15) is 8.42 Å². The molecular weight excluding hydrogens is 238 g/mol. The summed E-state index contributed by atoms with van der Waals surface area (Å²) in [5.41, 5.74) is 0.979. The molecule has 5 heteroatoms. The van der Waals surface area contributed by atoms with Crippen molar-refractivity contribution in [3.05, 3.63) is 29.3 Å². The van der Waals surface area contributed by atoms with Crippen LogP contribution in [0.5, 0.6) is 5.75 Å². The molecule has 0 aliphatic carbocycles. The van der Waals surface area contributed by atoms with Gasteiger partial charge in [-0.15, -0.1) is 0 Å². The number of methoxy groups -OCH3 is 1. The first-order valence-electron chi connectivity index (χ1n) is 5.30. The zero-order valence-electron chi connectivity index (χ0n) is 9.93. The van der Waals surface area contributed by atoms with Crippen LogP contribution in [0.15, 0.2) is 18.2 Å². The number of rotatable bonds is 5. The third-order valence-electron chi connectivity index (χ3n) is 2.30. The second kappa shape index (κ2) is 5.69. The molecule has 1 rings (SSSR count). The van der Waals surface area contributed by atoms with E-state index in [0.29, 0.717) is 23.3 Å². The van der Waals surface area contributed by atoms with Gasteiger partial charge in [-0.25, -0.2) is 8.42 Å². The fraction of sp³-hybridized carbons (Fsp3) is 0.417. The van der Waals surface area contributed by atoms with Gasteiger partial charge < -0.3 is 4.74 Å². The Bertz CT molecular complexity index is 529. The summed E-state index contributed by atoms with van der Waals surface area (Å²) in [6, 6.07) is 6.77. The largest absolute Gasteiger partial charge is 0.496 e. The summed E-state index contributed by atoms with van der Waals surface area (Å²) in [5.74, 6) is 0.565. The van der Waals surface area contributed by atoms with Crippen molar-refractivity contribution in [2.75, 3.05) is 12.9 Å². The standard InChI is InChI=1S/C12H15NO3S/c1-3-6-17(14,15)9-11-7-10(8-13)4-5-12(11)16-2/h4-5,7H,3,6,9H2,1-2H3. The van der Waals surface area contributed by atoms with E-state index < -0.39 is 9.84 Å². The second-order valence-corrected chi connectivity index (χ2v) is 5.91. The summed E-state index contributed by atoms with van der Waals surface area (Å²) in [5, 5.41) is 8.79. The summed E-state index contributed by atoms with van der Waals surface area (Å²) in [6.45, 7) is 1.82. The van der Waals surface area contributed by atoms with Gasteiger partial charge in [-0.2, -0.15) is 5.26 Å². The van der Waals surface area contributed by atoms with E-state index in [1.165, 1.54) is 7.11 Å². The van der Waals surface area contributed by atoms with Gasteiger partial charge in [0.25, 0.3) is 0 Å². The van der Waals surface area contributed by atoms with Gasteiger partial charge in [-0.1, -0.05) is 6.92 Å². The summed E-state index contributed by atoms with van der Waals surface area (Å²) < 4.78 is 28.6. The molecule has 0 fully saturated rings. The average Bonchev–Trinajstić information content (AvgIpc) is 2.28. The average molecular weight is 253 g/mol. The number of benzene rings is 1. The van der Waals surface area contributed by atoms with Crippen molar-refractivity contribution in [1.29, 1.82) is 5.26 Å². The third kappa shape index (κ3) is 3.75. The van der Waals surface area contributed by atoms with Crippen LogP contribution < -0.4 is 4.74 Å². The maximum Gasteiger partial charge on any atom is 0.154 e. The highest BCUT2D eigenvalue weighted by Crippen LogP contribution is 2.22. The van der Waals surface area contributed by atoms with Crippen LogP contribution in [0.25, 0.3) is 0 Å². The third-order valence-corrected chi connectivity index (χ3v) is 4.08. The molecule has 0 bridgehead atoms. The van der Waals surface area contributed by atoms with Crippen LogP contribution in [0.4, 0.5) is 0 Å². The molecule has 1 aromatic rings. The van der Waals surface area contributed by atoms with Gasteiger partial charge in [0.15, 0.2) is 9.84 Å². The first kappa shape index (κ1) is 13.5. The van der Waals surface area contributed by atoms with Crippen molar-refractivity contribution in [3.8, 4) is 11.8 Å². The minimum absolute atomic E-state index is 0.0838. The molecule has 0 unspecified atom stereocenters. The Kier molecular flexibility index (Phi) is 4.53. The summed E-state index contributed by atoms with van der Waals surface area (Å²) in [4.78, 5) is 0. The van der Waals surface area contributed by atoms with Gasteiger partial charge in [0, 0.05) is 5.56 Å². The number of sulfone groups is 1. The Morgan fingerprint density at radius 2 is 2.12 bits per heavy atom. The maximum absolute atomic E-state index is 11.7. The van der Waals surface area contributed by atoms with Gasteiger partial charge in [0.05, 0.1) is 30.2 Å². The Balaban J connectivity index is 3.08. The van der Waals surface area contributed by atoms with E-state index in [1.54, 1.807) is 18.2 Å². The summed E-state index contributed by atoms with van der Waals surface area (Å²) >= 11 is 0. The zero-order chi connectivity index (χ0) is 12.9. The molecule has 4 nitrogen and oxygen atoms in total. The fourth-order valence-electron chi connectivity index (χ4n) is 1.58. The monoisotopic (exact) mass is 253 g/mol. The molecule has 0 heterocycles. The first-order valence-corrected chi connectivity index (χ1v) is 7.12. The van der Waals surface area contributed by atoms with Crippen LogP contribution in [0.3, 0.4) is 0 Å². The molecular formula is C12H15NO3S. The Morgan fingerprint density at radius 1 is 1.41 bits per heavy atom. The quantitative estimate of drug-likeness (QED) is 0.803. The highest BCUT2D eigenvalue weighted by atomic mass is 32.2. The van der Waals surface area contributed by atoms with Crippen LogP contribution in [-0.2, 0) is 15.6 Å². The van der Waals surface area contributed by atoms with Crippen molar-refractivity contribution in [2.24, 2.45) is 0 Å². The molecule has 0 amide bonds. The van der Waals surface area contributed by atoms with Crippen LogP contribution in [-0.4, -0.2) is 21.3 Å². The van der Waals surface area contributed by atoms with Crippen LogP contribution in [0.1, 0.15) is 24.5 Å². The zero-order valence-corrected chi connectivity index (χ0v) is 10.8. The van der Waals surface area contributed by atoms with Crippen molar-refractivity contribution in [3.63, 3.8) is 0 Å². The van der Waals surface area contributed by atoms with Crippen LogP contribution in [0, 0.1) is 11.3 Å². The predicted molar refractivity (Wildman–Crippen MR) is 65.5 cm³/mol. The van der Waals surface area contributed by atoms with E-state index >= 15 is 0 Å². The normalized spacial score (nSPS) is 10.9. The lowest BCUT2D eigenvalue weighted by Crippen LogP contribution is -2.09. The second-order valence-electron chi connectivity index (χ2n) is 3.73. The molecule has 0 N–H and O–H groups in total. The predicted octanol–water partition coefficient (Wildman–Crippen LogP) is 1.89. The molecule has 0 aliphatic rings. The number of nitrogens with zero attached hydrogens (tertiary/aromatic N) is 1. The Hall–Kier alpha value is -1.54. The number of hydrogen-bond donors (Lipinski definition) is 0. The van der Waals surface area contributed by atoms with E-state index in [1.807, 2.05) is 13.0 Å². The van der Waals surface area contributed by atoms with Gasteiger partial charge in [0.1, 0.15) is 5.75 Å². The lowest BCUT2D eigenvalue weighted by molar-refractivity contribution is 0.411. The lowest BCUT2D eigenvalue weighted by atomic mass is 10.1. The highest BCUT2D eigenvalue weighted by molar-refractivity contribution is 7.90. The number of ether oxygens (including phenoxy) is 1.